The Morgan fingerprint density at radius 2 is 1.96 bits per heavy atom. The molecule has 8 heteroatoms. The van der Waals surface area contributed by atoms with Gasteiger partial charge >= 0.3 is 0 Å². The first kappa shape index (κ1) is 19.6. The van der Waals surface area contributed by atoms with Crippen molar-refractivity contribution in [2.24, 2.45) is 0 Å². The molecule has 25 heavy (non-hydrogen) atoms. The average Bonchev–Trinajstić information content (AvgIpc) is 3.14. The fraction of sp³-hybridized carbons (Fsp3) is 0.353. The van der Waals surface area contributed by atoms with Crippen LogP contribution in [0.2, 0.25) is 0 Å². The fourth-order valence-corrected chi connectivity index (χ4v) is 4.40. The van der Waals surface area contributed by atoms with Gasteiger partial charge in [-0.2, -0.15) is 4.31 Å². The molecule has 0 fully saturated rings. The third-order valence-corrected chi connectivity index (χ3v) is 6.60. The van der Waals surface area contributed by atoms with Crippen LogP contribution in [-0.4, -0.2) is 45.4 Å². The topological polar surface area (TPSA) is 75.7 Å². The van der Waals surface area contributed by atoms with Crippen LogP contribution in [0.3, 0.4) is 0 Å². The van der Waals surface area contributed by atoms with E-state index in [0.29, 0.717) is 26.2 Å². The molecule has 1 amide bonds. The van der Waals surface area contributed by atoms with Crippen molar-refractivity contribution < 1.29 is 17.9 Å². The van der Waals surface area contributed by atoms with Crippen LogP contribution in [0.25, 0.3) is 0 Å². The summed E-state index contributed by atoms with van der Waals surface area (Å²) in [5, 5.41) is 4.40. The standard InChI is InChI=1S/C17H22N2O4S2/c1-19(25(21,22)17-9-5-12-24-17)13-16(20)18-10-6-11-23-14-15-7-3-2-4-8-15/h2-5,7-9,12H,6,10-11,13-14H2,1H3,(H,18,20). The fourth-order valence-electron chi connectivity index (χ4n) is 2.07. The zero-order valence-electron chi connectivity index (χ0n) is 14.1. The van der Waals surface area contributed by atoms with Gasteiger partial charge in [-0.1, -0.05) is 36.4 Å². The van der Waals surface area contributed by atoms with Crippen LogP contribution in [0.15, 0.2) is 52.1 Å². The first-order valence-corrected chi connectivity index (χ1v) is 10.2. The summed E-state index contributed by atoms with van der Waals surface area (Å²) in [7, 11) is -2.19. The Bertz CT molecular complexity index is 746. The largest absolute Gasteiger partial charge is 0.377 e. The quantitative estimate of drug-likeness (QED) is 0.639. The number of thiophene rings is 1. The highest BCUT2D eigenvalue weighted by molar-refractivity contribution is 7.91. The highest BCUT2D eigenvalue weighted by atomic mass is 32.2. The monoisotopic (exact) mass is 382 g/mol. The van der Waals surface area contributed by atoms with E-state index in [1.165, 1.54) is 13.1 Å². The van der Waals surface area contributed by atoms with E-state index >= 15 is 0 Å². The molecule has 1 aromatic heterocycles. The molecule has 136 valence electrons. The van der Waals surface area contributed by atoms with E-state index in [2.05, 4.69) is 5.32 Å². The SMILES string of the molecule is CN(CC(=O)NCCCOCc1ccccc1)S(=O)(=O)c1cccs1. The van der Waals surface area contributed by atoms with Crippen LogP contribution in [0.4, 0.5) is 0 Å². The summed E-state index contributed by atoms with van der Waals surface area (Å²) in [6, 6.07) is 13.0. The highest BCUT2D eigenvalue weighted by Crippen LogP contribution is 2.19. The molecule has 0 aliphatic rings. The van der Waals surface area contributed by atoms with E-state index in [1.54, 1.807) is 11.4 Å². The Kier molecular flexibility index (Phi) is 7.57. The molecule has 0 aliphatic heterocycles. The van der Waals surface area contributed by atoms with Gasteiger partial charge < -0.3 is 10.1 Å². The Hall–Kier alpha value is -1.74. The van der Waals surface area contributed by atoms with Gasteiger partial charge in [0.15, 0.2) is 0 Å². The normalized spacial score (nSPS) is 11.6. The number of sulfonamides is 1. The number of ether oxygens (including phenoxy) is 1. The lowest BCUT2D eigenvalue weighted by atomic mass is 10.2. The van der Waals surface area contributed by atoms with Gasteiger partial charge in [0.1, 0.15) is 4.21 Å². The summed E-state index contributed by atoms with van der Waals surface area (Å²) in [5.41, 5.74) is 1.10. The smallest absolute Gasteiger partial charge is 0.252 e. The Labute approximate surface area is 152 Å². The number of hydrogen-bond donors (Lipinski definition) is 1. The lowest BCUT2D eigenvalue weighted by Gasteiger charge is -2.15. The molecule has 6 nitrogen and oxygen atoms in total. The molecule has 0 spiro atoms. The van der Waals surface area contributed by atoms with Crippen LogP contribution >= 0.6 is 11.3 Å². The van der Waals surface area contributed by atoms with Crippen molar-refractivity contribution in [2.45, 2.75) is 17.2 Å². The minimum absolute atomic E-state index is 0.203. The van der Waals surface area contributed by atoms with Gasteiger partial charge in [-0.25, -0.2) is 8.42 Å². The number of amides is 1. The van der Waals surface area contributed by atoms with E-state index in [0.717, 1.165) is 21.2 Å². The molecule has 0 atom stereocenters. The summed E-state index contributed by atoms with van der Waals surface area (Å²) in [6.07, 6.45) is 0.667. The maximum Gasteiger partial charge on any atom is 0.252 e. The number of nitrogens with one attached hydrogen (secondary N) is 1. The van der Waals surface area contributed by atoms with Crippen LogP contribution < -0.4 is 5.32 Å². The van der Waals surface area contributed by atoms with Crippen molar-refractivity contribution in [3.05, 3.63) is 53.4 Å². The molecule has 1 aromatic carbocycles. The van der Waals surface area contributed by atoms with Gasteiger partial charge in [-0.15, -0.1) is 11.3 Å². The average molecular weight is 383 g/mol. The number of carbonyl (C=O) groups excluding carboxylic acids is 1. The second-order valence-electron chi connectivity index (χ2n) is 5.43. The van der Waals surface area contributed by atoms with Crippen LogP contribution in [0.5, 0.6) is 0 Å². The van der Waals surface area contributed by atoms with Crippen molar-refractivity contribution in [1.82, 2.24) is 9.62 Å². The summed E-state index contributed by atoms with van der Waals surface area (Å²) in [6.45, 7) is 1.31. The third kappa shape index (κ3) is 6.24. The van der Waals surface area contributed by atoms with Gasteiger partial charge in [-0.3, -0.25) is 4.79 Å². The zero-order valence-corrected chi connectivity index (χ0v) is 15.7. The zero-order chi connectivity index (χ0) is 18.1. The van der Waals surface area contributed by atoms with Crippen molar-refractivity contribution in [1.29, 1.82) is 0 Å². The molecule has 0 saturated heterocycles. The Morgan fingerprint density at radius 3 is 2.64 bits per heavy atom. The number of nitrogens with zero attached hydrogens (tertiary/aromatic N) is 1. The van der Waals surface area contributed by atoms with Crippen molar-refractivity contribution in [2.75, 3.05) is 26.7 Å². The van der Waals surface area contributed by atoms with E-state index in [4.69, 9.17) is 4.74 Å². The molecule has 0 radical (unpaired) electrons. The number of rotatable bonds is 10. The molecule has 0 unspecified atom stereocenters. The first-order valence-electron chi connectivity index (χ1n) is 7.88. The van der Waals surface area contributed by atoms with Crippen LogP contribution in [0, 0.1) is 0 Å². The molecule has 2 aromatic rings. The van der Waals surface area contributed by atoms with Gasteiger partial charge in [-0.05, 0) is 23.4 Å². The molecule has 0 saturated carbocycles. The third-order valence-electron chi connectivity index (χ3n) is 3.43. The minimum Gasteiger partial charge on any atom is -0.377 e. The number of likely N-dealkylation sites (N-methyl/N-ethyl adjacent to an activating group) is 1. The predicted molar refractivity (Wildman–Crippen MR) is 97.9 cm³/mol. The number of hydrogen-bond acceptors (Lipinski definition) is 5. The maximum atomic E-state index is 12.2. The minimum atomic E-state index is -3.59. The molecule has 0 bridgehead atoms. The van der Waals surface area contributed by atoms with Gasteiger partial charge in [0, 0.05) is 20.2 Å². The predicted octanol–water partition coefficient (Wildman–Crippen LogP) is 2.09. The second-order valence-corrected chi connectivity index (χ2v) is 8.65. The molecular weight excluding hydrogens is 360 g/mol. The number of benzene rings is 1. The maximum absolute atomic E-state index is 12.2. The van der Waals surface area contributed by atoms with Crippen LogP contribution in [-0.2, 0) is 26.2 Å². The van der Waals surface area contributed by atoms with E-state index in [1.807, 2.05) is 30.3 Å². The van der Waals surface area contributed by atoms with E-state index in [9.17, 15) is 13.2 Å². The van der Waals surface area contributed by atoms with Crippen LogP contribution in [0.1, 0.15) is 12.0 Å². The Balaban J connectivity index is 1.62. The van der Waals surface area contributed by atoms with Gasteiger partial charge in [0.25, 0.3) is 10.0 Å². The van der Waals surface area contributed by atoms with Crippen molar-refractivity contribution >= 4 is 27.3 Å². The van der Waals surface area contributed by atoms with Crippen molar-refractivity contribution in [3.63, 3.8) is 0 Å². The molecule has 2 rings (SSSR count). The molecule has 0 aliphatic carbocycles. The lowest BCUT2D eigenvalue weighted by molar-refractivity contribution is -0.121. The summed E-state index contributed by atoms with van der Waals surface area (Å²) in [4.78, 5) is 11.9. The van der Waals surface area contributed by atoms with Gasteiger partial charge in [0.05, 0.1) is 13.2 Å². The van der Waals surface area contributed by atoms with Gasteiger partial charge in [0.2, 0.25) is 5.91 Å². The lowest BCUT2D eigenvalue weighted by Crippen LogP contribution is -2.38. The summed E-state index contributed by atoms with van der Waals surface area (Å²) in [5.74, 6) is -0.328. The highest BCUT2D eigenvalue weighted by Gasteiger charge is 2.23. The molecule has 1 N–H and O–H groups in total. The van der Waals surface area contributed by atoms with E-state index in [-0.39, 0.29) is 16.7 Å². The summed E-state index contributed by atoms with van der Waals surface area (Å²) >= 11 is 1.13. The second kappa shape index (κ2) is 9.67. The first-order chi connectivity index (χ1) is 12.0. The molecular formula is C17H22N2O4S2. The number of carbonyl (C=O) groups is 1. The summed E-state index contributed by atoms with van der Waals surface area (Å²) < 4.78 is 31.2. The Morgan fingerprint density at radius 1 is 1.20 bits per heavy atom. The van der Waals surface area contributed by atoms with Crippen molar-refractivity contribution in [3.8, 4) is 0 Å². The van der Waals surface area contributed by atoms with E-state index < -0.39 is 10.0 Å². The molecule has 1 heterocycles.